The maximum Gasteiger partial charge on any atom is 0.309 e. The van der Waals surface area contributed by atoms with E-state index >= 15 is 0 Å². The summed E-state index contributed by atoms with van der Waals surface area (Å²) in [5, 5.41) is 21.4. The number of carboxylic acids is 1. The van der Waals surface area contributed by atoms with E-state index < -0.39 is 11.4 Å². The van der Waals surface area contributed by atoms with Gasteiger partial charge in [-0.25, -0.2) is 0 Å². The normalized spacial score (nSPS) is 57.8. The Morgan fingerprint density at radius 3 is 2.00 bits per heavy atom. The highest BCUT2D eigenvalue weighted by Crippen LogP contribution is 2.78. The van der Waals surface area contributed by atoms with Crippen molar-refractivity contribution in [2.45, 2.75) is 125 Å². The second kappa shape index (κ2) is 7.01. The Labute approximate surface area is 202 Å². The summed E-state index contributed by atoms with van der Waals surface area (Å²) in [4.78, 5) is 12.9. The molecule has 0 heterocycles. The van der Waals surface area contributed by atoms with Crippen molar-refractivity contribution in [3.05, 3.63) is 0 Å². The largest absolute Gasteiger partial charge is 0.481 e. The summed E-state index contributed by atoms with van der Waals surface area (Å²) in [6.45, 7) is 17.3. The molecule has 10 atom stereocenters. The molecule has 0 radical (unpaired) electrons. The van der Waals surface area contributed by atoms with Crippen LogP contribution in [0.3, 0.4) is 0 Å². The quantitative estimate of drug-likeness (QED) is 0.433. The SMILES string of the molecule is C[C@H]1C[C@H](O)C[C@@H]2[C@]1(C)CC[C@H]1[C@@]2(C)CC[C@@]2(C)[C@@H]3CC(C)(C)CC[C@]3(C(=O)O)CC[C@]12C. The van der Waals surface area contributed by atoms with Crippen LogP contribution < -0.4 is 0 Å². The molecule has 5 aliphatic carbocycles. The van der Waals surface area contributed by atoms with Gasteiger partial charge in [0.15, 0.2) is 0 Å². The molecular weight excluding hydrogens is 408 g/mol. The minimum absolute atomic E-state index is 0.0815. The number of hydrogen-bond acceptors (Lipinski definition) is 2. The lowest BCUT2D eigenvalue weighted by Crippen LogP contribution is -2.69. The first-order valence-electron chi connectivity index (χ1n) is 14.1. The maximum absolute atomic E-state index is 12.9. The molecule has 2 N–H and O–H groups in total. The Balaban J connectivity index is 1.58. The van der Waals surface area contributed by atoms with E-state index in [9.17, 15) is 15.0 Å². The lowest BCUT2D eigenvalue weighted by atomic mass is 9.30. The van der Waals surface area contributed by atoms with Crippen LogP contribution in [0.2, 0.25) is 0 Å². The van der Waals surface area contributed by atoms with Crippen LogP contribution >= 0.6 is 0 Å². The predicted octanol–water partition coefficient (Wildman–Crippen LogP) is 7.31. The molecule has 0 spiro atoms. The lowest BCUT2D eigenvalue weighted by molar-refractivity contribution is -0.264. The van der Waals surface area contributed by atoms with E-state index in [-0.39, 0.29) is 33.7 Å². The summed E-state index contributed by atoms with van der Waals surface area (Å²) < 4.78 is 0. The van der Waals surface area contributed by atoms with Crippen molar-refractivity contribution in [3.8, 4) is 0 Å². The smallest absolute Gasteiger partial charge is 0.309 e. The molecule has 0 aliphatic heterocycles. The Kier molecular flexibility index (Phi) is 5.13. The average Bonchev–Trinajstić information content (AvgIpc) is 2.71. The van der Waals surface area contributed by atoms with E-state index in [2.05, 4.69) is 48.5 Å². The zero-order valence-electron chi connectivity index (χ0n) is 22.5. The van der Waals surface area contributed by atoms with Crippen LogP contribution in [-0.2, 0) is 4.79 Å². The third kappa shape index (κ3) is 2.93. The average molecular weight is 459 g/mol. The lowest BCUT2D eigenvalue weighted by Gasteiger charge is -2.74. The van der Waals surface area contributed by atoms with Crippen molar-refractivity contribution in [2.75, 3.05) is 0 Å². The zero-order chi connectivity index (χ0) is 24.2. The van der Waals surface area contributed by atoms with Crippen molar-refractivity contribution in [3.63, 3.8) is 0 Å². The Morgan fingerprint density at radius 2 is 1.33 bits per heavy atom. The molecule has 3 nitrogen and oxygen atoms in total. The summed E-state index contributed by atoms with van der Waals surface area (Å²) in [6.07, 6.45) is 11.6. The Hall–Kier alpha value is -0.570. The minimum Gasteiger partial charge on any atom is -0.481 e. The molecule has 0 bridgehead atoms. The molecule has 0 aromatic carbocycles. The van der Waals surface area contributed by atoms with Gasteiger partial charge in [-0.15, -0.1) is 0 Å². The third-order valence-electron chi connectivity index (χ3n) is 13.8. The summed E-state index contributed by atoms with van der Waals surface area (Å²) in [7, 11) is 0. The van der Waals surface area contributed by atoms with Gasteiger partial charge in [-0.3, -0.25) is 4.79 Å². The fourth-order valence-corrected chi connectivity index (χ4v) is 11.3. The second-order valence-corrected chi connectivity index (χ2v) is 15.4. The van der Waals surface area contributed by atoms with Crippen LogP contribution in [0, 0.1) is 56.2 Å². The van der Waals surface area contributed by atoms with Crippen LogP contribution in [0.15, 0.2) is 0 Å². The van der Waals surface area contributed by atoms with Crippen molar-refractivity contribution in [1.82, 2.24) is 0 Å². The van der Waals surface area contributed by atoms with Crippen molar-refractivity contribution >= 4 is 5.97 Å². The van der Waals surface area contributed by atoms with Crippen LogP contribution in [0.4, 0.5) is 0 Å². The molecule has 0 unspecified atom stereocenters. The number of aliphatic hydroxyl groups is 1. The number of rotatable bonds is 1. The van der Waals surface area contributed by atoms with Gasteiger partial charge in [-0.1, -0.05) is 48.5 Å². The molecule has 188 valence electrons. The van der Waals surface area contributed by atoms with Gasteiger partial charge in [0.25, 0.3) is 0 Å². The molecule has 0 saturated heterocycles. The predicted molar refractivity (Wildman–Crippen MR) is 133 cm³/mol. The maximum atomic E-state index is 12.9. The van der Waals surface area contributed by atoms with Gasteiger partial charge in [0.2, 0.25) is 0 Å². The first kappa shape index (κ1) is 24.1. The number of hydrogen-bond donors (Lipinski definition) is 2. The van der Waals surface area contributed by atoms with E-state index in [4.69, 9.17) is 0 Å². The Morgan fingerprint density at radius 1 is 0.727 bits per heavy atom. The van der Waals surface area contributed by atoms with Gasteiger partial charge in [0, 0.05) is 0 Å². The second-order valence-electron chi connectivity index (χ2n) is 15.4. The van der Waals surface area contributed by atoms with Gasteiger partial charge >= 0.3 is 5.97 Å². The number of aliphatic carboxylic acids is 1. The van der Waals surface area contributed by atoms with Crippen molar-refractivity contribution in [2.24, 2.45) is 56.2 Å². The van der Waals surface area contributed by atoms with Crippen LogP contribution in [0.25, 0.3) is 0 Å². The highest BCUT2D eigenvalue weighted by Gasteiger charge is 2.72. The van der Waals surface area contributed by atoms with Gasteiger partial charge in [-0.2, -0.15) is 0 Å². The van der Waals surface area contributed by atoms with E-state index in [0.717, 1.165) is 51.4 Å². The van der Waals surface area contributed by atoms with Crippen molar-refractivity contribution in [1.29, 1.82) is 0 Å². The molecule has 0 amide bonds. The van der Waals surface area contributed by atoms with Gasteiger partial charge in [0.05, 0.1) is 11.5 Å². The Bertz CT molecular complexity index is 834. The standard InChI is InChI=1S/C30H50O3/c1-19-16-20(31)17-22-26(19,4)9-8-21-27(22,5)11-12-29(7)23-18-25(2,3)10-14-30(23,24(32)33)15-13-28(21,29)6/h19-23,31H,8-18H2,1-7H3,(H,32,33)/t19-,20-,21-,22+,23-,26+,27+,28+,29-,30-/m0/s1. The van der Waals surface area contributed by atoms with E-state index in [1.54, 1.807) is 0 Å². The fourth-order valence-electron chi connectivity index (χ4n) is 11.3. The number of carbonyl (C=O) groups is 1. The topological polar surface area (TPSA) is 57.5 Å². The summed E-state index contributed by atoms with van der Waals surface area (Å²) in [5.74, 6) is 1.56. The number of carboxylic acid groups (broad SMARTS) is 1. The number of aliphatic hydroxyl groups excluding tert-OH is 1. The van der Waals surface area contributed by atoms with E-state index in [1.165, 1.54) is 19.3 Å². The highest BCUT2D eigenvalue weighted by molar-refractivity contribution is 5.76. The fraction of sp³-hybridized carbons (Fsp3) is 0.967. The van der Waals surface area contributed by atoms with Crippen LogP contribution in [0.5, 0.6) is 0 Å². The van der Waals surface area contributed by atoms with E-state index in [0.29, 0.717) is 23.2 Å². The van der Waals surface area contributed by atoms with Gasteiger partial charge in [0.1, 0.15) is 0 Å². The van der Waals surface area contributed by atoms with Crippen molar-refractivity contribution < 1.29 is 15.0 Å². The van der Waals surface area contributed by atoms with Crippen LogP contribution in [-0.4, -0.2) is 22.3 Å². The first-order chi connectivity index (χ1) is 15.1. The molecule has 5 rings (SSSR count). The van der Waals surface area contributed by atoms with Gasteiger partial charge in [-0.05, 0) is 121 Å². The van der Waals surface area contributed by atoms with Crippen LogP contribution in [0.1, 0.15) is 119 Å². The summed E-state index contributed by atoms with van der Waals surface area (Å²) >= 11 is 0. The summed E-state index contributed by atoms with van der Waals surface area (Å²) in [5.41, 5.74) is 0.573. The molecule has 5 fully saturated rings. The van der Waals surface area contributed by atoms with Gasteiger partial charge < -0.3 is 10.2 Å². The molecule has 33 heavy (non-hydrogen) atoms. The van der Waals surface area contributed by atoms with E-state index in [1.807, 2.05) is 0 Å². The monoisotopic (exact) mass is 458 g/mol. The summed E-state index contributed by atoms with van der Waals surface area (Å²) in [6, 6.07) is 0. The molecule has 0 aromatic rings. The third-order valence-corrected chi connectivity index (χ3v) is 13.8. The zero-order valence-corrected chi connectivity index (χ0v) is 22.5. The molecule has 3 heteroatoms. The molecule has 5 aliphatic rings. The highest BCUT2D eigenvalue weighted by atomic mass is 16.4. The number of fused-ring (bicyclic) bond motifs is 7. The first-order valence-corrected chi connectivity index (χ1v) is 14.1. The minimum atomic E-state index is -0.518. The molecule has 5 saturated carbocycles. The molecular formula is C30H50O3. The molecule has 0 aromatic heterocycles.